The van der Waals surface area contributed by atoms with Crippen LogP contribution in [0.2, 0.25) is 0 Å². The summed E-state index contributed by atoms with van der Waals surface area (Å²) in [7, 11) is 3.32. The van der Waals surface area contributed by atoms with E-state index in [-0.39, 0.29) is 29.8 Å². The monoisotopic (exact) mass is 319 g/mol. The molecule has 0 unspecified atom stereocenters. The van der Waals surface area contributed by atoms with Crippen LogP contribution in [-0.2, 0) is 21.4 Å². The van der Waals surface area contributed by atoms with Gasteiger partial charge in [-0.3, -0.25) is 14.3 Å². The van der Waals surface area contributed by atoms with Crippen LogP contribution in [0.3, 0.4) is 0 Å². The minimum Gasteiger partial charge on any atom is -0.469 e. The largest absolute Gasteiger partial charge is 0.469 e. The molecule has 0 spiro atoms. The van der Waals surface area contributed by atoms with Crippen LogP contribution in [0.1, 0.15) is 49.4 Å². The predicted molar refractivity (Wildman–Crippen MR) is 84.5 cm³/mol. The van der Waals surface area contributed by atoms with Crippen molar-refractivity contribution in [3.63, 3.8) is 0 Å². The lowest BCUT2D eigenvalue weighted by molar-refractivity contribution is -0.152. The number of likely N-dealkylation sites (tertiary alicyclic amines) is 1. The van der Waals surface area contributed by atoms with Crippen LogP contribution in [0.15, 0.2) is 6.20 Å². The number of aryl methyl sites for hydroxylation is 1. The fourth-order valence-electron chi connectivity index (χ4n) is 4.10. The van der Waals surface area contributed by atoms with Gasteiger partial charge < -0.3 is 9.64 Å². The second-order valence-corrected chi connectivity index (χ2v) is 6.67. The van der Waals surface area contributed by atoms with Gasteiger partial charge in [-0.05, 0) is 32.6 Å². The van der Waals surface area contributed by atoms with E-state index in [1.807, 2.05) is 29.7 Å². The maximum absolute atomic E-state index is 13.1. The number of hydrogen-bond donors (Lipinski definition) is 0. The molecule has 1 amide bonds. The summed E-state index contributed by atoms with van der Waals surface area (Å²) in [6.07, 6.45) is 6.30. The first-order valence-corrected chi connectivity index (χ1v) is 8.41. The average molecular weight is 319 g/mol. The van der Waals surface area contributed by atoms with Crippen molar-refractivity contribution in [2.75, 3.05) is 13.7 Å². The number of methoxy groups -OCH3 is 1. The van der Waals surface area contributed by atoms with Crippen LogP contribution in [0.4, 0.5) is 0 Å². The molecule has 1 aromatic heterocycles. The third kappa shape index (κ3) is 2.75. The molecule has 6 nitrogen and oxygen atoms in total. The second kappa shape index (κ2) is 6.34. The minimum atomic E-state index is -0.274. The molecule has 0 aromatic carbocycles. The van der Waals surface area contributed by atoms with Crippen molar-refractivity contribution in [2.24, 2.45) is 18.9 Å². The number of carbonyl (C=O) groups is 2. The number of esters is 1. The lowest BCUT2D eigenvalue weighted by Crippen LogP contribution is -2.39. The molecule has 3 atom stereocenters. The van der Waals surface area contributed by atoms with E-state index < -0.39 is 0 Å². The van der Waals surface area contributed by atoms with Gasteiger partial charge in [0.15, 0.2) is 0 Å². The molecule has 1 aliphatic heterocycles. The molecule has 2 heterocycles. The van der Waals surface area contributed by atoms with Gasteiger partial charge in [-0.1, -0.05) is 6.42 Å². The van der Waals surface area contributed by atoms with E-state index in [0.29, 0.717) is 0 Å². The molecule has 23 heavy (non-hydrogen) atoms. The molecule has 1 saturated heterocycles. The summed E-state index contributed by atoms with van der Waals surface area (Å²) in [6.45, 7) is 2.80. The molecule has 0 bridgehead atoms. The van der Waals surface area contributed by atoms with Gasteiger partial charge in [-0.15, -0.1) is 0 Å². The fraction of sp³-hybridized carbons (Fsp3) is 0.706. The topological polar surface area (TPSA) is 64.4 Å². The van der Waals surface area contributed by atoms with E-state index in [0.717, 1.165) is 49.9 Å². The molecule has 2 fully saturated rings. The van der Waals surface area contributed by atoms with Gasteiger partial charge in [0, 0.05) is 24.8 Å². The summed E-state index contributed by atoms with van der Waals surface area (Å²) in [5, 5.41) is 4.31. The first kappa shape index (κ1) is 16.0. The van der Waals surface area contributed by atoms with Gasteiger partial charge in [0.05, 0.1) is 31.2 Å². The Morgan fingerprint density at radius 1 is 1.22 bits per heavy atom. The molecule has 0 radical (unpaired) electrons. The van der Waals surface area contributed by atoms with Gasteiger partial charge >= 0.3 is 5.97 Å². The molecule has 6 heteroatoms. The maximum atomic E-state index is 13.1. The molecule has 1 saturated carbocycles. The van der Waals surface area contributed by atoms with Crippen molar-refractivity contribution in [3.8, 4) is 0 Å². The molecule has 126 valence electrons. The maximum Gasteiger partial charge on any atom is 0.309 e. The Morgan fingerprint density at radius 3 is 2.61 bits per heavy atom. The number of ether oxygens (including phenoxy) is 1. The van der Waals surface area contributed by atoms with Crippen LogP contribution in [0, 0.1) is 18.8 Å². The Balaban J connectivity index is 1.81. The summed E-state index contributed by atoms with van der Waals surface area (Å²) < 4.78 is 6.74. The highest BCUT2D eigenvalue weighted by Gasteiger charge is 2.43. The molecule has 0 N–H and O–H groups in total. The van der Waals surface area contributed by atoms with E-state index >= 15 is 0 Å². The van der Waals surface area contributed by atoms with Crippen LogP contribution >= 0.6 is 0 Å². The van der Waals surface area contributed by atoms with Gasteiger partial charge in [-0.25, -0.2) is 0 Å². The van der Waals surface area contributed by atoms with Crippen molar-refractivity contribution < 1.29 is 14.3 Å². The molecule has 3 rings (SSSR count). The van der Waals surface area contributed by atoms with Crippen LogP contribution in [-0.4, -0.2) is 40.2 Å². The third-order valence-electron chi connectivity index (χ3n) is 5.51. The lowest BCUT2D eigenvalue weighted by Gasteiger charge is -2.29. The number of hydrogen-bond acceptors (Lipinski definition) is 4. The number of amides is 1. The van der Waals surface area contributed by atoms with Crippen molar-refractivity contribution in [2.45, 2.75) is 45.1 Å². The number of rotatable bonds is 3. The Morgan fingerprint density at radius 2 is 1.96 bits per heavy atom. The highest BCUT2D eigenvalue weighted by atomic mass is 16.5. The molecule has 2 aliphatic rings. The highest BCUT2D eigenvalue weighted by molar-refractivity contribution is 5.86. The lowest BCUT2D eigenvalue weighted by atomic mass is 9.94. The first-order chi connectivity index (χ1) is 11.0. The number of carbonyl (C=O) groups excluding carboxylic acids is 2. The summed E-state index contributed by atoms with van der Waals surface area (Å²) >= 11 is 0. The molecular formula is C17H25N3O3. The van der Waals surface area contributed by atoms with E-state index in [9.17, 15) is 9.59 Å². The second-order valence-electron chi connectivity index (χ2n) is 6.67. The van der Waals surface area contributed by atoms with Crippen molar-refractivity contribution >= 4 is 11.9 Å². The van der Waals surface area contributed by atoms with Gasteiger partial charge in [0.1, 0.15) is 0 Å². The zero-order valence-corrected chi connectivity index (χ0v) is 14.1. The Kier molecular flexibility index (Phi) is 4.41. The molecule has 1 aromatic rings. The van der Waals surface area contributed by atoms with Gasteiger partial charge in [-0.2, -0.15) is 5.10 Å². The van der Waals surface area contributed by atoms with Crippen LogP contribution in [0.25, 0.3) is 0 Å². The Bertz CT molecular complexity index is 610. The first-order valence-electron chi connectivity index (χ1n) is 8.41. The molecular weight excluding hydrogens is 294 g/mol. The molecule has 1 aliphatic carbocycles. The van der Waals surface area contributed by atoms with Crippen LogP contribution < -0.4 is 0 Å². The number of nitrogens with zero attached hydrogens (tertiary/aromatic N) is 3. The number of aromatic nitrogens is 2. The summed E-state index contributed by atoms with van der Waals surface area (Å²) in [4.78, 5) is 27.0. The van der Waals surface area contributed by atoms with Crippen LogP contribution in [0.5, 0.6) is 0 Å². The summed E-state index contributed by atoms with van der Waals surface area (Å²) in [5.74, 6) is -0.624. The highest BCUT2D eigenvalue weighted by Crippen LogP contribution is 2.39. The standard InChI is InChI=1S/C17H25N3O3/c1-11-14(10-18-19(11)2)15-8-5-9-20(15)16(21)12-6-4-7-13(12)17(22)23-3/h10,12-13,15H,4-9H2,1-3H3/t12-,13+,15-/m0/s1. The van der Waals surface area contributed by atoms with E-state index in [4.69, 9.17) is 4.74 Å². The van der Waals surface area contributed by atoms with E-state index in [2.05, 4.69) is 5.10 Å². The Hall–Kier alpha value is -1.85. The third-order valence-corrected chi connectivity index (χ3v) is 5.51. The quantitative estimate of drug-likeness (QED) is 0.799. The van der Waals surface area contributed by atoms with Crippen molar-refractivity contribution in [1.82, 2.24) is 14.7 Å². The van der Waals surface area contributed by atoms with Crippen molar-refractivity contribution in [1.29, 1.82) is 0 Å². The van der Waals surface area contributed by atoms with Gasteiger partial charge in [0.25, 0.3) is 0 Å². The predicted octanol–water partition coefficient (Wildman–Crippen LogP) is 1.98. The SMILES string of the molecule is COC(=O)[C@@H]1CCC[C@@H]1C(=O)N1CCC[C@H]1c1cnn(C)c1C. The zero-order chi connectivity index (χ0) is 16.6. The zero-order valence-electron chi connectivity index (χ0n) is 14.1. The average Bonchev–Trinajstić information content (AvgIpc) is 3.27. The van der Waals surface area contributed by atoms with Crippen molar-refractivity contribution in [3.05, 3.63) is 17.5 Å². The minimum absolute atomic E-state index is 0.0927. The van der Waals surface area contributed by atoms with E-state index in [1.165, 1.54) is 7.11 Å². The normalized spacial score (nSPS) is 27.4. The van der Waals surface area contributed by atoms with E-state index in [1.54, 1.807) is 0 Å². The van der Waals surface area contributed by atoms with Gasteiger partial charge in [0.2, 0.25) is 5.91 Å². The summed E-state index contributed by atoms with van der Waals surface area (Å²) in [5.41, 5.74) is 2.23. The fourth-order valence-corrected chi connectivity index (χ4v) is 4.10. The Labute approximate surface area is 136 Å². The smallest absolute Gasteiger partial charge is 0.309 e. The summed E-state index contributed by atoms with van der Waals surface area (Å²) in [6, 6.07) is 0.0927.